The van der Waals surface area contributed by atoms with Gasteiger partial charge >= 0.3 is 0 Å². The standard InChI is InChI=1S/C24H34O8/c1-24(2,17-3-7-21(8-4-17)30-14-19(28)11-25)18-5-9-22(10-6-18)32-16-23(13-27)31-15-20(29)12-26/h3-10,19-20,23,25-29H,11-16H2,1-2H3. The van der Waals surface area contributed by atoms with Gasteiger partial charge in [0.1, 0.15) is 43.0 Å². The Kier molecular flexibility index (Phi) is 10.4. The van der Waals surface area contributed by atoms with Crippen LogP contribution in [0.4, 0.5) is 0 Å². The Hall–Kier alpha value is -2.20. The molecule has 3 atom stereocenters. The normalized spacial score (nSPS) is 14.6. The van der Waals surface area contributed by atoms with E-state index in [1.165, 1.54) is 0 Å². The van der Waals surface area contributed by atoms with Crippen molar-refractivity contribution in [1.29, 1.82) is 0 Å². The van der Waals surface area contributed by atoms with Gasteiger partial charge < -0.3 is 39.7 Å². The molecule has 0 aliphatic heterocycles. The first-order valence-electron chi connectivity index (χ1n) is 10.6. The Morgan fingerprint density at radius 2 is 1.09 bits per heavy atom. The molecular weight excluding hydrogens is 416 g/mol. The van der Waals surface area contributed by atoms with Gasteiger partial charge in [-0.05, 0) is 35.4 Å². The van der Waals surface area contributed by atoms with E-state index < -0.39 is 24.9 Å². The van der Waals surface area contributed by atoms with E-state index in [0.717, 1.165) is 11.1 Å². The predicted octanol–water partition coefficient (Wildman–Crippen LogP) is 0.854. The molecule has 0 fully saturated rings. The molecule has 178 valence electrons. The van der Waals surface area contributed by atoms with Crippen molar-refractivity contribution in [2.45, 2.75) is 37.6 Å². The van der Waals surface area contributed by atoms with E-state index in [4.69, 9.17) is 24.4 Å². The molecule has 0 aliphatic rings. The van der Waals surface area contributed by atoms with E-state index in [0.29, 0.717) is 11.5 Å². The van der Waals surface area contributed by atoms with Crippen molar-refractivity contribution in [3.05, 3.63) is 59.7 Å². The maximum atomic E-state index is 9.39. The average molecular weight is 451 g/mol. The number of ether oxygens (including phenoxy) is 3. The summed E-state index contributed by atoms with van der Waals surface area (Å²) in [5, 5.41) is 45.8. The molecule has 2 rings (SSSR count). The van der Waals surface area contributed by atoms with Crippen LogP contribution in [0.25, 0.3) is 0 Å². The van der Waals surface area contributed by atoms with Gasteiger partial charge in [-0.3, -0.25) is 0 Å². The van der Waals surface area contributed by atoms with Crippen molar-refractivity contribution in [2.24, 2.45) is 0 Å². The summed E-state index contributed by atoms with van der Waals surface area (Å²) in [7, 11) is 0. The van der Waals surface area contributed by atoms with Gasteiger partial charge in [0.25, 0.3) is 0 Å². The number of aliphatic hydroxyl groups excluding tert-OH is 5. The second kappa shape index (κ2) is 12.7. The number of rotatable bonds is 14. The van der Waals surface area contributed by atoms with Crippen LogP contribution in [0.3, 0.4) is 0 Å². The molecule has 0 amide bonds. The second-order valence-electron chi connectivity index (χ2n) is 8.11. The molecule has 8 nitrogen and oxygen atoms in total. The highest BCUT2D eigenvalue weighted by Gasteiger charge is 2.23. The van der Waals surface area contributed by atoms with Gasteiger partial charge in [0.2, 0.25) is 0 Å². The van der Waals surface area contributed by atoms with Gasteiger partial charge in [-0.1, -0.05) is 38.1 Å². The fraction of sp³-hybridized carbons (Fsp3) is 0.500. The SMILES string of the molecule is CC(C)(c1ccc(OCC(O)CO)cc1)c1ccc(OCC(CO)OCC(O)CO)cc1. The van der Waals surface area contributed by atoms with Crippen LogP contribution in [-0.2, 0) is 10.2 Å². The summed E-state index contributed by atoms with van der Waals surface area (Å²) < 4.78 is 16.5. The van der Waals surface area contributed by atoms with Gasteiger partial charge in [0.05, 0.1) is 26.4 Å². The zero-order chi connectivity index (χ0) is 23.6. The zero-order valence-electron chi connectivity index (χ0n) is 18.6. The summed E-state index contributed by atoms with van der Waals surface area (Å²) in [6.07, 6.45) is -2.50. The number of hydrogen-bond donors (Lipinski definition) is 5. The quantitative estimate of drug-likeness (QED) is 0.287. The first-order valence-corrected chi connectivity index (χ1v) is 10.6. The topological polar surface area (TPSA) is 129 Å². The summed E-state index contributed by atoms with van der Waals surface area (Å²) >= 11 is 0. The molecule has 0 spiro atoms. The monoisotopic (exact) mass is 450 g/mol. The lowest BCUT2D eigenvalue weighted by molar-refractivity contribution is -0.0599. The molecule has 3 unspecified atom stereocenters. The minimum atomic E-state index is -0.988. The van der Waals surface area contributed by atoms with Crippen molar-refractivity contribution in [2.75, 3.05) is 39.6 Å². The maximum Gasteiger partial charge on any atom is 0.119 e. The van der Waals surface area contributed by atoms with Crippen LogP contribution in [-0.4, -0.2) is 83.5 Å². The number of aliphatic hydroxyl groups is 5. The van der Waals surface area contributed by atoms with E-state index in [-0.39, 0.29) is 38.4 Å². The molecule has 8 heteroatoms. The van der Waals surface area contributed by atoms with Gasteiger partial charge in [0, 0.05) is 5.41 Å². The van der Waals surface area contributed by atoms with Crippen LogP contribution in [0.15, 0.2) is 48.5 Å². The fourth-order valence-electron chi connectivity index (χ4n) is 2.99. The molecule has 2 aromatic rings. The molecule has 32 heavy (non-hydrogen) atoms. The summed E-state index contributed by atoms with van der Waals surface area (Å²) in [5.41, 5.74) is 1.88. The highest BCUT2D eigenvalue weighted by Crippen LogP contribution is 2.33. The van der Waals surface area contributed by atoms with Crippen LogP contribution in [0.5, 0.6) is 11.5 Å². The fourth-order valence-corrected chi connectivity index (χ4v) is 2.99. The first kappa shape index (κ1) is 26.1. The Morgan fingerprint density at radius 1 is 0.656 bits per heavy atom. The van der Waals surface area contributed by atoms with Gasteiger partial charge in [-0.2, -0.15) is 0 Å². The summed E-state index contributed by atoms with van der Waals surface area (Å²) in [6, 6.07) is 15.2. The molecule has 0 aromatic heterocycles. The summed E-state index contributed by atoms with van der Waals surface area (Å²) in [4.78, 5) is 0. The highest BCUT2D eigenvalue weighted by atomic mass is 16.5. The van der Waals surface area contributed by atoms with Crippen LogP contribution < -0.4 is 9.47 Å². The van der Waals surface area contributed by atoms with Crippen LogP contribution >= 0.6 is 0 Å². The van der Waals surface area contributed by atoms with Crippen LogP contribution in [0.1, 0.15) is 25.0 Å². The van der Waals surface area contributed by atoms with Gasteiger partial charge in [-0.25, -0.2) is 0 Å². The summed E-state index contributed by atoms with van der Waals surface area (Å²) in [6.45, 7) is 3.28. The highest BCUT2D eigenvalue weighted by molar-refractivity contribution is 5.41. The Labute approximate surface area is 188 Å². The third-order valence-corrected chi connectivity index (χ3v) is 5.18. The molecule has 0 saturated carbocycles. The second-order valence-corrected chi connectivity index (χ2v) is 8.11. The van der Waals surface area contributed by atoms with Crippen molar-refractivity contribution >= 4 is 0 Å². The zero-order valence-corrected chi connectivity index (χ0v) is 18.6. The summed E-state index contributed by atoms with van der Waals surface area (Å²) in [5.74, 6) is 1.24. The number of hydrogen-bond acceptors (Lipinski definition) is 8. The molecule has 0 saturated heterocycles. The molecule has 0 aliphatic carbocycles. The Balaban J connectivity index is 1.95. The van der Waals surface area contributed by atoms with E-state index >= 15 is 0 Å². The Bertz CT molecular complexity index is 776. The van der Waals surface area contributed by atoms with Crippen molar-refractivity contribution < 1.29 is 39.7 Å². The van der Waals surface area contributed by atoms with E-state index in [1.807, 2.05) is 48.5 Å². The molecular formula is C24H34O8. The third-order valence-electron chi connectivity index (χ3n) is 5.18. The smallest absolute Gasteiger partial charge is 0.119 e. The molecule has 2 aromatic carbocycles. The van der Waals surface area contributed by atoms with Crippen molar-refractivity contribution in [1.82, 2.24) is 0 Å². The lowest BCUT2D eigenvalue weighted by Crippen LogP contribution is -2.30. The van der Waals surface area contributed by atoms with Gasteiger partial charge in [0.15, 0.2) is 0 Å². The minimum absolute atomic E-state index is 0.0326. The molecule has 0 bridgehead atoms. The van der Waals surface area contributed by atoms with E-state index in [1.54, 1.807) is 0 Å². The average Bonchev–Trinajstić information content (AvgIpc) is 2.82. The Morgan fingerprint density at radius 3 is 1.53 bits per heavy atom. The lowest BCUT2D eigenvalue weighted by atomic mass is 9.78. The van der Waals surface area contributed by atoms with E-state index in [9.17, 15) is 15.3 Å². The van der Waals surface area contributed by atoms with Crippen molar-refractivity contribution in [3.8, 4) is 11.5 Å². The van der Waals surface area contributed by atoms with E-state index in [2.05, 4.69) is 13.8 Å². The van der Waals surface area contributed by atoms with Crippen molar-refractivity contribution in [3.63, 3.8) is 0 Å². The van der Waals surface area contributed by atoms with Crippen LogP contribution in [0.2, 0.25) is 0 Å². The van der Waals surface area contributed by atoms with Crippen LogP contribution in [0, 0.1) is 0 Å². The largest absolute Gasteiger partial charge is 0.491 e. The molecule has 0 radical (unpaired) electrons. The number of benzene rings is 2. The third kappa shape index (κ3) is 7.74. The molecule has 5 N–H and O–H groups in total. The molecule has 0 heterocycles. The lowest BCUT2D eigenvalue weighted by Gasteiger charge is -2.26. The minimum Gasteiger partial charge on any atom is -0.491 e. The predicted molar refractivity (Wildman–Crippen MR) is 119 cm³/mol. The van der Waals surface area contributed by atoms with Gasteiger partial charge in [-0.15, -0.1) is 0 Å². The first-order chi connectivity index (χ1) is 15.3. The maximum absolute atomic E-state index is 9.39.